The quantitative estimate of drug-likeness (QED) is 0.623. The summed E-state index contributed by atoms with van der Waals surface area (Å²) >= 11 is 4.29. The van der Waals surface area contributed by atoms with Crippen LogP contribution in [-0.2, 0) is 4.79 Å². The summed E-state index contributed by atoms with van der Waals surface area (Å²) in [5.74, 6) is 0. The molecule has 0 atom stereocenters. The van der Waals surface area contributed by atoms with Gasteiger partial charge in [-0.05, 0) is 12.8 Å². The summed E-state index contributed by atoms with van der Waals surface area (Å²) in [5, 5.41) is 0.118. The van der Waals surface area contributed by atoms with Crippen LogP contribution < -0.4 is 0 Å². The molecular formula is C13H29NOSSi2. The second-order valence-corrected chi connectivity index (χ2v) is 18.0. The van der Waals surface area contributed by atoms with Gasteiger partial charge in [-0.25, -0.2) is 0 Å². The Bertz CT molecular complexity index is 300. The van der Waals surface area contributed by atoms with E-state index < -0.39 is 16.5 Å². The fourth-order valence-corrected chi connectivity index (χ4v) is 15.7. The number of thiol groups is 1. The first kappa shape index (κ1) is 16.5. The van der Waals surface area contributed by atoms with Crippen LogP contribution >= 0.6 is 12.6 Å². The molecule has 2 nitrogen and oxygen atoms in total. The van der Waals surface area contributed by atoms with Crippen LogP contribution in [0.5, 0.6) is 0 Å². The Kier molecular flexibility index (Phi) is 4.96. The zero-order chi connectivity index (χ0) is 14.2. The van der Waals surface area contributed by atoms with Crippen molar-refractivity contribution in [3.8, 4) is 0 Å². The molecule has 0 heterocycles. The largest absolute Gasteiger partial charge is 0.334 e. The van der Waals surface area contributed by atoms with Crippen LogP contribution in [0.4, 0.5) is 0 Å². The first-order valence-corrected chi connectivity index (χ1v) is 14.4. The third-order valence-corrected chi connectivity index (χ3v) is 11.8. The molecule has 1 aliphatic rings. The Hall–Kier alpha value is 0.414. The molecule has 1 saturated carbocycles. The summed E-state index contributed by atoms with van der Waals surface area (Å²) in [6.45, 7) is 14.2. The summed E-state index contributed by atoms with van der Waals surface area (Å²) in [5.41, 5.74) is -0.254. The minimum atomic E-state index is -1.52. The van der Waals surface area contributed by atoms with Gasteiger partial charge in [0.25, 0.3) is 0 Å². The Morgan fingerprint density at radius 1 is 0.944 bits per heavy atom. The van der Waals surface area contributed by atoms with E-state index >= 15 is 0 Å². The molecule has 5 heteroatoms. The highest BCUT2D eigenvalue weighted by molar-refractivity contribution is 7.96. The van der Waals surface area contributed by atoms with E-state index in [1.807, 2.05) is 0 Å². The van der Waals surface area contributed by atoms with Crippen LogP contribution in [0.1, 0.15) is 32.1 Å². The second kappa shape index (κ2) is 5.42. The molecule has 1 rings (SSSR count). The molecule has 106 valence electrons. The molecule has 0 saturated heterocycles. The fourth-order valence-electron chi connectivity index (χ4n) is 3.96. The Morgan fingerprint density at radius 2 is 1.33 bits per heavy atom. The van der Waals surface area contributed by atoms with E-state index in [9.17, 15) is 4.79 Å². The van der Waals surface area contributed by atoms with Gasteiger partial charge >= 0.3 is 0 Å². The predicted octanol–water partition coefficient (Wildman–Crippen LogP) is 4.12. The van der Waals surface area contributed by atoms with E-state index in [2.05, 4.69) is 56.1 Å². The van der Waals surface area contributed by atoms with Crippen molar-refractivity contribution < 1.29 is 4.79 Å². The summed E-state index contributed by atoms with van der Waals surface area (Å²) in [7, 11) is -3.04. The van der Waals surface area contributed by atoms with Crippen LogP contribution in [0, 0.1) is 0 Å². The molecule has 0 aromatic heterocycles. The van der Waals surface area contributed by atoms with Gasteiger partial charge < -0.3 is 4.23 Å². The van der Waals surface area contributed by atoms with Crippen LogP contribution in [0.2, 0.25) is 39.3 Å². The third-order valence-electron chi connectivity index (χ3n) is 3.85. The lowest BCUT2D eigenvalue weighted by Gasteiger charge is -2.56. The van der Waals surface area contributed by atoms with Crippen molar-refractivity contribution in [3.63, 3.8) is 0 Å². The molecule has 1 aliphatic carbocycles. The molecule has 0 radical (unpaired) electrons. The monoisotopic (exact) mass is 303 g/mol. The van der Waals surface area contributed by atoms with Crippen molar-refractivity contribution in [1.29, 1.82) is 0 Å². The van der Waals surface area contributed by atoms with Gasteiger partial charge in [0.1, 0.15) is 16.5 Å². The van der Waals surface area contributed by atoms with Gasteiger partial charge in [0, 0.05) is 0 Å². The minimum absolute atomic E-state index is 0.118. The molecule has 0 bridgehead atoms. The molecule has 0 unspecified atom stereocenters. The van der Waals surface area contributed by atoms with E-state index in [1.165, 1.54) is 19.3 Å². The normalized spacial score (nSPS) is 21.1. The van der Waals surface area contributed by atoms with Crippen molar-refractivity contribution >= 4 is 34.2 Å². The summed E-state index contributed by atoms with van der Waals surface area (Å²) < 4.78 is 2.68. The highest BCUT2D eigenvalue weighted by Gasteiger charge is 2.51. The highest BCUT2D eigenvalue weighted by Crippen LogP contribution is 2.41. The number of hydrogen-bond donors (Lipinski definition) is 1. The zero-order valence-electron chi connectivity index (χ0n) is 12.8. The van der Waals surface area contributed by atoms with E-state index in [4.69, 9.17) is 0 Å². The number of hydrogen-bond acceptors (Lipinski definition) is 2. The van der Waals surface area contributed by atoms with Crippen LogP contribution in [-0.4, -0.2) is 31.4 Å². The fraction of sp³-hybridized carbons (Fsp3) is 0.923. The second-order valence-electron chi connectivity index (χ2n) is 7.57. The standard InChI is InChI=1S/C13H29NOSSi2/c1-17(2,3)14(18(4,5)6)13(12(15)16)10-8-7-9-11-13/h7-11H2,1-6H3,(H,15,16). The molecule has 0 N–H and O–H groups in total. The van der Waals surface area contributed by atoms with Gasteiger partial charge in [0.2, 0.25) is 5.12 Å². The molecule has 1 fully saturated rings. The smallest absolute Gasteiger partial charge is 0.204 e. The maximum Gasteiger partial charge on any atom is 0.204 e. The minimum Gasteiger partial charge on any atom is -0.334 e. The SMILES string of the molecule is C[Si](C)(C)N(C1(C(=O)S)CCCCC1)[Si](C)(C)C. The number of carbonyl (C=O) groups is 1. The van der Waals surface area contributed by atoms with Crippen molar-refractivity contribution in [2.45, 2.75) is 76.9 Å². The van der Waals surface area contributed by atoms with Gasteiger partial charge in [-0.2, -0.15) is 0 Å². The van der Waals surface area contributed by atoms with Crippen molar-refractivity contribution in [2.75, 3.05) is 0 Å². The number of carbonyl (C=O) groups excluding carboxylic acids is 1. The van der Waals surface area contributed by atoms with Crippen molar-refractivity contribution in [2.24, 2.45) is 0 Å². The number of rotatable bonds is 4. The summed E-state index contributed by atoms with van der Waals surface area (Å²) in [6, 6.07) is 0. The molecular weight excluding hydrogens is 274 g/mol. The first-order valence-electron chi connectivity index (χ1n) is 7.06. The van der Waals surface area contributed by atoms with Crippen LogP contribution in [0.3, 0.4) is 0 Å². The molecule has 0 spiro atoms. The molecule has 0 aliphatic heterocycles. The maximum absolute atomic E-state index is 12.3. The van der Waals surface area contributed by atoms with Gasteiger partial charge in [-0.3, -0.25) is 4.79 Å². The predicted molar refractivity (Wildman–Crippen MR) is 88.3 cm³/mol. The van der Waals surface area contributed by atoms with E-state index in [-0.39, 0.29) is 10.7 Å². The van der Waals surface area contributed by atoms with Gasteiger partial charge in [0.15, 0.2) is 0 Å². The van der Waals surface area contributed by atoms with E-state index in [0.717, 1.165) is 12.8 Å². The molecule has 0 amide bonds. The van der Waals surface area contributed by atoms with Gasteiger partial charge in [-0.1, -0.05) is 58.5 Å². The number of nitrogens with zero attached hydrogens (tertiary/aromatic N) is 1. The van der Waals surface area contributed by atoms with Gasteiger partial charge in [0.05, 0.1) is 5.54 Å². The molecule has 0 aromatic rings. The Balaban J connectivity index is 3.26. The average Bonchev–Trinajstić information content (AvgIpc) is 2.13. The maximum atomic E-state index is 12.3. The Labute approximate surface area is 120 Å². The lowest BCUT2D eigenvalue weighted by molar-refractivity contribution is -0.119. The third kappa shape index (κ3) is 3.29. The molecule has 0 aromatic carbocycles. The average molecular weight is 304 g/mol. The lowest BCUT2D eigenvalue weighted by Crippen LogP contribution is -2.71. The van der Waals surface area contributed by atoms with Gasteiger partial charge in [-0.15, -0.1) is 12.6 Å². The van der Waals surface area contributed by atoms with Crippen molar-refractivity contribution in [3.05, 3.63) is 0 Å². The highest BCUT2D eigenvalue weighted by atomic mass is 32.1. The van der Waals surface area contributed by atoms with Crippen LogP contribution in [0.25, 0.3) is 0 Å². The van der Waals surface area contributed by atoms with Crippen molar-refractivity contribution in [1.82, 2.24) is 4.23 Å². The molecule has 18 heavy (non-hydrogen) atoms. The summed E-state index contributed by atoms with van der Waals surface area (Å²) in [6.07, 6.45) is 5.66. The Morgan fingerprint density at radius 3 is 1.61 bits per heavy atom. The zero-order valence-corrected chi connectivity index (χ0v) is 15.7. The summed E-state index contributed by atoms with van der Waals surface area (Å²) in [4.78, 5) is 12.3. The first-order chi connectivity index (χ1) is 8.02. The lowest BCUT2D eigenvalue weighted by atomic mass is 9.83. The van der Waals surface area contributed by atoms with E-state index in [0.29, 0.717) is 0 Å². The van der Waals surface area contributed by atoms with E-state index in [1.54, 1.807) is 0 Å². The topological polar surface area (TPSA) is 20.3 Å². The van der Waals surface area contributed by atoms with Crippen LogP contribution in [0.15, 0.2) is 0 Å².